The van der Waals surface area contributed by atoms with Gasteiger partial charge < -0.3 is 9.88 Å². The molecular weight excluding hydrogens is 436 g/mol. The first-order valence-electron chi connectivity index (χ1n) is 9.89. The minimum absolute atomic E-state index is 0.0809. The topological polar surface area (TPSA) is 46.9 Å². The summed E-state index contributed by atoms with van der Waals surface area (Å²) in [5, 5.41) is 3.90. The lowest BCUT2D eigenvalue weighted by atomic mass is 10.1. The number of aromatic nitrogens is 2. The number of para-hydroxylation sites is 2. The van der Waals surface area contributed by atoms with Crippen LogP contribution < -0.4 is 5.32 Å². The molecule has 0 aliphatic carbocycles. The van der Waals surface area contributed by atoms with Crippen molar-refractivity contribution in [2.45, 2.75) is 25.9 Å². The Hall–Kier alpha value is -2.89. The lowest BCUT2D eigenvalue weighted by Crippen LogP contribution is -2.24. The molecule has 0 saturated heterocycles. The van der Waals surface area contributed by atoms with Crippen molar-refractivity contribution in [3.63, 3.8) is 0 Å². The Morgan fingerprint density at radius 3 is 2.48 bits per heavy atom. The molecule has 0 unspecified atom stereocenters. The van der Waals surface area contributed by atoms with E-state index in [0.29, 0.717) is 36.0 Å². The monoisotopic (exact) mass is 455 g/mol. The number of nitrogens with zero attached hydrogens (tertiary/aromatic N) is 2. The van der Waals surface area contributed by atoms with Crippen molar-refractivity contribution in [2.24, 2.45) is 0 Å². The molecule has 4 nitrogen and oxygen atoms in total. The lowest BCUT2D eigenvalue weighted by molar-refractivity contribution is -0.121. The van der Waals surface area contributed by atoms with Crippen molar-refractivity contribution in [1.82, 2.24) is 14.9 Å². The van der Waals surface area contributed by atoms with Crippen LogP contribution in [0.2, 0.25) is 10.0 Å². The minimum Gasteiger partial charge on any atom is -0.352 e. The molecule has 1 amide bonds. The molecule has 0 atom stereocenters. The first-order chi connectivity index (χ1) is 15.0. The molecule has 3 aromatic carbocycles. The molecule has 0 aliphatic rings. The Balaban J connectivity index is 1.48. The number of rotatable bonds is 7. The fraction of sp³-hybridized carbons (Fsp3) is 0.167. The van der Waals surface area contributed by atoms with Gasteiger partial charge in [0.2, 0.25) is 5.91 Å². The number of nitrogens with one attached hydrogen (secondary N) is 1. The summed E-state index contributed by atoms with van der Waals surface area (Å²) in [6.07, 6.45) is 0.874. The van der Waals surface area contributed by atoms with Gasteiger partial charge in [0.1, 0.15) is 11.6 Å². The fourth-order valence-corrected chi connectivity index (χ4v) is 3.77. The van der Waals surface area contributed by atoms with E-state index in [1.807, 2.05) is 36.4 Å². The molecule has 1 aromatic heterocycles. The van der Waals surface area contributed by atoms with Gasteiger partial charge in [0, 0.05) is 25.9 Å². The Labute approximate surface area is 189 Å². The largest absolute Gasteiger partial charge is 0.352 e. The number of carbonyl (C=O) groups excluding carboxylic acids is 1. The maximum Gasteiger partial charge on any atom is 0.222 e. The normalized spacial score (nSPS) is 11.1. The SMILES string of the molecule is O=C(CCn1c(Cc2ccc(Cl)c(Cl)c2)nc2ccccc21)NCc1ccc(F)cc1. The van der Waals surface area contributed by atoms with Crippen LogP contribution in [0.5, 0.6) is 0 Å². The average Bonchev–Trinajstić information content (AvgIpc) is 3.11. The first-order valence-corrected chi connectivity index (χ1v) is 10.6. The number of imidazole rings is 1. The third-order valence-electron chi connectivity index (χ3n) is 5.05. The second-order valence-electron chi connectivity index (χ2n) is 7.25. The van der Waals surface area contributed by atoms with Gasteiger partial charge in [0.15, 0.2) is 0 Å². The van der Waals surface area contributed by atoms with Crippen molar-refractivity contribution < 1.29 is 9.18 Å². The van der Waals surface area contributed by atoms with Crippen molar-refractivity contribution in [3.8, 4) is 0 Å². The summed E-state index contributed by atoms with van der Waals surface area (Å²) in [6.45, 7) is 0.854. The van der Waals surface area contributed by atoms with E-state index in [1.165, 1.54) is 12.1 Å². The maximum atomic E-state index is 13.0. The highest BCUT2D eigenvalue weighted by Gasteiger charge is 2.13. The Morgan fingerprint density at radius 1 is 0.968 bits per heavy atom. The molecule has 0 bridgehead atoms. The summed E-state index contributed by atoms with van der Waals surface area (Å²) < 4.78 is 15.1. The summed E-state index contributed by atoms with van der Waals surface area (Å²) in [5.41, 5.74) is 3.70. The molecule has 0 fully saturated rings. The van der Waals surface area contributed by atoms with E-state index in [4.69, 9.17) is 28.2 Å². The second-order valence-corrected chi connectivity index (χ2v) is 8.06. The van der Waals surface area contributed by atoms with Crippen LogP contribution in [0, 0.1) is 5.82 Å². The van der Waals surface area contributed by atoms with Crippen LogP contribution in [0.15, 0.2) is 66.7 Å². The molecule has 0 saturated carbocycles. The fourth-order valence-electron chi connectivity index (χ4n) is 3.45. The molecule has 0 radical (unpaired) electrons. The van der Waals surface area contributed by atoms with Crippen molar-refractivity contribution in [3.05, 3.63) is 99.5 Å². The highest BCUT2D eigenvalue weighted by molar-refractivity contribution is 6.42. The number of halogens is 3. The van der Waals surface area contributed by atoms with Gasteiger partial charge >= 0.3 is 0 Å². The zero-order chi connectivity index (χ0) is 21.8. The van der Waals surface area contributed by atoms with Crippen molar-refractivity contribution in [1.29, 1.82) is 0 Å². The predicted octanol–water partition coefficient (Wildman–Crippen LogP) is 5.78. The van der Waals surface area contributed by atoms with Crippen LogP contribution in [-0.4, -0.2) is 15.5 Å². The van der Waals surface area contributed by atoms with Crippen LogP contribution in [0.1, 0.15) is 23.4 Å². The molecule has 0 aliphatic heterocycles. The highest BCUT2D eigenvalue weighted by Crippen LogP contribution is 2.25. The smallest absolute Gasteiger partial charge is 0.222 e. The average molecular weight is 456 g/mol. The summed E-state index contributed by atoms with van der Waals surface area (Å²) in [5.74, 6) is 0.477. The third-order valence-corrected chi connectivity index (χ3v) is 5.78. The quantitative estimate of drug-likeness (QED) is 0.383. The highest BCUT2D eigenvalue weighted by atomic mass is 35.5. The van der Waals surface area contributed by atoms with E-state index in [2.05, 4.69) is 9.88 Å². The number of hydrogen-bond acceptors (Lipinski definition) is 2. The number of aryl methyl sites for hydroxylation is 1. The Bertz CT molecular complexity index is 1220. The molecule has 7 heteroatoms. The van der Waals surface area contributed by atoms with E-state index < -0.39 is 0 Å². The number of hydrogen-bond donors (Lipinski definition) is 1. The molecule has 0 spiro atoms. The summed E-state index contributed by atoms with van der Waals surface area (Å²) >= 11 is 12.2. The molecule has 4 aromatic rings. The summed E-state index contributed by atoms with van der Waals surface area (Å²) in [6, 6.07) is 19.5. The first kappa shape index (κ1) is 21.3. The molecule has 31 heavy (non-hydrogen) atoms. The van der Waals surface area contributed by atoms with E-state index in [9.17, 15) is 9.18 Å². The van der Waals surface area contributed by atoms with E-state index in [-0.39, 0.29) is 11.7 Å². The second kappa shape index (κ2) is 9.50. The minimum atomic E-state index is -0.295. The van der Waals surface area contributed by atoms with E-state index in [1.54, 1.807) is 18.2 Å². The van der Waals surface area contributed by atoms with Crippen LogP contribution in [-0.2, 0) is 24.3 Å². The lowest BCUT2D eigenvalue weighted by Gasteiger charge is -2.11. The standard InChI is InChI=1S/C24H20Cl2FN3O/c25-19-10-7-17(13-20(19)26)14-23-29-21-3-1-2-4-22(21)30(23)12-11-24(31)28-15-16-5-8-18(27)9-6-16/h1-10,13H,11-12,14-15H2,(H,28,31). The number of fused-ring (bicyclic) bond motifs is 1. The van der Waals surface area contributed by atoms with Crippen LogP contribution in [0.25, 0.3) is 11.0 Å². The molecule has 4 rings (SSSR count). The van der Waals surface area contributed by atoms with Gasteiger partial charge in [-0.05, 0) is 47.5 Å². The van der Waals surface area contributed by atoms with Crippen LogP contribution in [0.4, 0.5) is 4.39 Å². The van der Waals surface area contributed by atoms with Gasteiger partial charge in [-0.3, -0.25) is 4.79 Å². The number of amides is 1. The Morgan fingerprint density at radius 2 is 1.71 bits per heavy atom. The number of benzene rings is 3. The van der Waals surface area contributed by atoms with Crippen LogP contribution >= 0.6 is 23.2 Å². The van der Waals surface area contributed by atoms with Gasteiger partial charge in [0.25, 0.3) is 0 Å². The van der Waals surface area contributed by atoms with Crippen molar-refractivity contribution >= 4 is 40.1 Å². The zero-order valence-corrected chi connectivity index (χ0v) is 18.1. The van der Waals surface area contributed by atoms with E-state index >= 15 is 0 Å². The molecular formula is C24H20Cl2FN3O. The molecule has 1 heterocycles. The summed E-state index contributed by atoms with van der Waals surface area (Å²) in [7, 11) is 0. The maximum absolute atomic E-state index is 13.0. The summed E-state index contributed by atoms with van der Waals surface area (Å²) in [4.78, 5) is 17.2. The van der Waals surface area contributed by atoms with Gasteiger partial charge in [0.05, 0.1) is 21.1 Å². The van der Waals surface area contributed by atoms with E-state index in [0.717, 1.165) is 28.0 Å². The molecule has 1 N–H and O–H groups in total. The number of carbonyl (C=O) groups is 1. The van der Waals surface area contributed by atoms with Gasteiger partial charge in [-0.2, -0.15) is 0 Å². The van der Waals surface area contributed by atoms with Crippen molar-refractivity contribution in [2.75, 3.05) is 0 Å². The molecule has 158 valence electrons. The van der Waals surface area contributed by atoms with Gasteiger partial charge in [-0.1, -0.05) is 53.5 Å². The zero-order valence-electron chi connectivity index (χ0n) is 16.6. The van der Waals surface area contributed by atoms with Crippen LogP contribution in [0.3, 0.4) is 0 Å². The van der Waals surface area contributed by atoms with Gasteiger partial charge in [-0.25, -0.2) is 9.37 Å². The Kier molecular flexibility index (Phi) is 6.54. The van der Waals surface area contributed by atoms with Gasteiger partial charge in [-0.15, -0.1) is 0 Å². The predicted molar refractivity (Wildman–Crippen MR) is 122 cm³/mol. The third kappa shape index (κ3) is 5.24.